The lowest BCUT2D eigenvalue weighted by Gasteiger charge is -2.39. The van der Waals surface area contributed by atoms with E-state index < -0.39 is 11.7 Å². The van der Waals surface area contributed by atoms with E-state index in [1.807, 2.05) is 13.8 Å². The second-order valence-corrected chi connectivity index (χ2v) is 8.54. The lowest BCUT2D eigenvalue weighted by Crippen LogP contribution is -2.55. The van der Waals surface area contributed by atoms with E-state index in [9.17, 15) is 18.8 Å². The van der Waals surface area contributed by atoms with Gasteiger partial charge in [0.1, 0.15) is 12.4 Å². The van der Waals surface area contributed by atoms with Gasteiger partial charge in [0.05, 0.1) is 11.3 Å². The lowest BCUT2D eigenvalue weighted by atomic mass is 10.0. The Balaban J connectivity index is 1.79. The molecule has 0 unspecified atom stereocenters. The minimum Gasteiger partial charge on any atom is -0.336 e. The summed E-state index contributed by atoms with van der Waals surface area (Å²) in [6.45, 7) is 10.4. The van der Waals surface area contributed by atoms with Crippen LogP contribution in [0.15, 0.2) is 23.0 Å². The fraction of sp³-hybridized carbons (Fsp3) is 0.478. The highest BCUT2D eigenvalue weighted by molar-refractivity contribution is 5.97. The molecule has 1 N–H and O–H groups in total. The van der Waals surface area contributed by atoms with Crippen molar-refractivity contribution in [2.24, 2.45) is 5.92 Å². The van der Waals surface area contributed by atoms with Gasteiger partial charge in [0, 0.05) is 31.1 Å². The van der Waals surface area contributed by atoms with Gasteiger partial charge in [0.25, 0.3) is 11.5 Å². The van der Waals surface area contributed by atoms with Crippen LogP contribution in [0.1, 0.15) is 53.5 Å². The van der Waals surface area contributed by atoms with Crippen LogP contribution in [0.3, 0.4) is 0 Å². The molecule has 31 heavy (non-hydrogen) atoms. The highest BCUT2D eigenvalue weighted by Gasteiger charge is 2.32. The third-order valence-electron chi connectivity index (χ3n) is 6.26. The normalized spacial score (nSPS) is 15.5. The minimum atomic E-state index is -0.624. The molecule has 1 aliphatic rings. The Bertz CT molecular complexity index is 1060. The number of hydrogen-bond acceptors (Lipinski definition) is 4. The second-order valence-electron chi connectivity index (χ2n) is 8.54. The van der Waals surface area contributed by atoms with Crippen molar-refractivity contribution in [3.05, 3.63) is 62.3 Å². The van der Waals surface area contributed by atoms with Gasteiger partial charge in [0.15, 0.2) is 0 Å². The van der Waals surface area contributed by atoms with E-state index in [4.69, 9.17) is 0 Å². The summed E-state index contributed by atoms with van der Waals surface area (Å²) in [6.07, 6.45) is 0.350. The number of hydrogen-bond donors (Lipinski definition) is 1. The molecule has 1 fully saturated rings. The number of rotatable bonds is 5. The van der Waals surface area contributed by atoms with Crippen LogP contribution in [0.4, 0.5) is 4.39 Å². The number of carbonyl (C=O) groups is 2. The van der Waals surface area contributed by atoms with E-state index in [1.165, 1.54) is 17.0 Å². The average Bonchev–Trinajstić information content (AvgIpc) is 2.74. The summed E-state index contributed by atoms with van der Waals surface area (Å²) in [7, 11) is 0. The maximum atomic E-state index is 14.5. The Hall–Kier alpha value is -3.03. The Morgan fingerprint density at radius 2 is 1.87 bits per heavy atom. The van der Waals surface area contributed by atoms with E-state index >= 15 is 0 Å². The number of nitrogens with one attached hydrogen (secondary N) is 1. The van der Waals surface area contributed by atoms with Crippen LogP contribution >= 0.6 is 0 Å². The third kappa shape index (κ3) is 4.68. The molecular formula is C23H29FN4O3. The summed E-state index contributed by atoms with van der Waals surface area (Å²) in [5, 5.41) is 6.55. The molecule has 0 aliphatic carbocycles. The van der Waals surface area contributed by atoms with Crippen LogP contribution in [0.5, 0.6) is 0 Å². The molecule has 1 aliphatic heterocycles. The predicted molar refractivity (Wildman–Crippen MR) is 115 cm³/mol. The molecule has 1 aromatic carbocycles. The summed E-state index contributed by atoms with van der Waals surface area (Å²) < 4.78 is 14.5. The SMILES string of the molecule is Cc1c(Cc2ccc(F)c(C(=O)N3CCN([C@H](C)C(C)C)C(=O)C3)c2)n[nH]c(=O)c1C. The molecule has 0 bridgehead atoms. The maximum absolute atomic E-state index is 14.5. The number of halogens is 1. The van der Waals surface area contributed by atoms with Gasteiger partial charge in [-0.15, -0.1) is 0 Å². The van der Waals surface area contributed by atoms with Crippen molar-refractivity contribution in [1.82, 2.24) is 20.0 Å². The van der Waals surface area contributed by atoms with Crippen molar-refractivity contribution in [3.63, 3.8) is 0 Å². The molecule has 1 saturated heterocycles. The molecule has 166 valence electrons. The number of benzene rings is 1. The molecular weight excluding hydrogens is 399 g/mol. The summed E-state index contributed by atoms with van der Waals surface area (Å²) in [5.74, 6) is -0.928. The van der Waals surface area contributed by atoms with Crippen LogP contribution in [-0.2, 0) is 11.2 Å². The van der Waals surface area contributed by atoms with Crippen LogP contribution < -0.4 is 5.56 Å². The summed E-state index contributed by atoms with van der Waals surface area (Å²) in [6, 6.07) is 4.45. The molecule has 8 heteroatoms. The van der Waals surface area contributed by atoms with Crippen molar-refractivity contribution >= 4 is 11.8 Å². The van der Waals surface area contributed by atoms with Gasteiger partial charge in [-0.2, -0.15) is 5.10 Å². The molecule has 0 saturated carbocycles. The van der Waals surface area contributed by atoms with E-state index in [-0.39, 0.29) is 29.6 Å². The molecule has 0 radical (unpaired) electrons. The lowest BCUT2D eigenvalue weighted by molar-refractivity contribution is -0.138. The van der Waals surface area contributed by atoms with E-state index in [1.54, 1.807) is 17.9 Å². The largest absolute Gasteiger partial charge is 0.336 e. The van der Waals surface area contributed by atoms with E-state index in [0.717, 1.165) is 5.56 Å². The second kappa shape index (κ2) is 8.99. The summed E-state index contributed by atoms with van der Waals surface area (Å²) >= 11 is 0. The first-order valence-electron chi connectivity index (χ1n) is 10.5. The van der Waals surface area contributed by atoms with Gasteiger partial charge in [-0.25, -0.2) is 9.49 Å². The van der Waals surface area contributed by atoms with Crippen molar-refractivity contribution in [3.8, 4) is 0 Å². The molecule has 3 rings (SSSR count). The topological polar surface area (TPSA) is 86.4 Å². The average molecular weight is 429 g/mol. The smallest absolute Gasteiger partial charge is 0.267 e. The molecule has 2 aromatic rings. The molecule has 2 heterocycles. The minimum absolute atomic E-state index is 0.0562. The van der Waals surface area contributed by atoms with E-state index in [0.29, 0.717) is 42.2 Å². The molecule has 1 aromatic heterocycles. The standard InChI is InChI=1S/C23H29FN4O3/c1-13(2)16(5)28-9-8-27(12-21(28)29)23(31)18-10-17(6-7-19(18)24)11-20-14(3)15(4)22(30)26-25-20/h6-7,10,13,16H,8-9,11-12H2,1-5H3,(H,26,30)/t16-/m1/s1. The van der Waals surface area contributed by atoms with Gasteiger partial charge in [-0.3, -0.25) is 14.4 Å². The fourth-order valence-electron chi connectivity index (χ4n) is 3.71. The van der Waals surface area contributed by atoms with Gasteiger partial charge in [0.2, 0.25) is 5.91 Å². The van der Waals surface area contributed by atoms with Crippen LogP contribution in [0.25, 0.3) is 0 Å². The number of nitrogens with zero attached hydrogens (tertiary/aromatic N) is 3. The van der Waals surface area contributed by atoms with Crippen molar-refractivity contribution in [1.29, 1.82) is 0 Å². The third-order valence-corrected chi connectivity index (χ3v) is 6.26. The number of aromatic amines is 1. The van der Waals surface area contributed by atoms with Crippen molar-refractivity contribution < 1.29 is 14.0 Å². The molecule has 7 nitrogen and oxygen atoms in total. The van der Waals surface area contributed by atoms with Crippen LogP contribution in [0, 0.1) is 25.6 Å². The predicted octanol–water partition coefficient (Wildman–Crippen LogP) is 2.45. The zero-order chi connectivity index (χ0) is 22.9. The highest BCUT2D eigenvalue weighted by atomic mass is 19.1. The van der Waals surface area contributed by atoms with Crippen molar-refractivity contribution in [2.45, 2.75) is 47.1 Å². The molecule has 1 atom stereocenters. The Kier molecular flexibility index (Phi) is 6.57. The number of H-pyrrole nitrogens is 1. The van der Waals surface area contributed by atoms with Gasteiger partial charge < -0.3 is 9.80 Å². The van der Waals surface area contributed by atoms with Gasteiger partial charge in [-0.05, 0) is 49.9 Å². The zero-order valence-corrected chi connectivity index (χ0v) is 18.7. The van der Waals surface area contributed by atoms with Crippen LogP contribution in [0.2, 0.25) is 0 Å². The maximum Gasteiger partial charge on any atom is 0.267 e. The molecule has 2 amide bonds. The van der Waals surface area contributed by atoms with Crippen LogP contribution in [-0.4, -0.2) is 57.5 Å². The first-order valence-corrected chi connectivity index (χ1v) is 10.5. The first-order chi connectivity index (χ1) is 14.6. The van der Waals surface area contributed by atoms with E-state index in [2.05, 4.69) is 24.0 Å². The van der Waals surface area contributed by atoms with Gasteiger partial charge in [-0.1, -0.05) is 19.9 Å². The number of aromatic nitrogens is 2. The number of amides is 2. The summed E-state index contributed by atoms with van der Waals surface area (Å²) in [5.41, 5.74) is 2.40. The van der Waals surface area contributed by atoms with Gasteiger partial charge >= 0.3 is 0 Å². The first kappa shape index (κ1) is 22.7. The quantitative estimate of drug-likeness (QED) is 0.793. The highest BCUT2D eigenvalue weighted by Crippen LogP contribution is 2.20. The monoisotopic (exact) mass is 428 g/mol. The summed E-state index contributed by atoms with van der Waals surface area (Å²) in [4.78, 5) is 40.5. The number of carbonyl (C=O) groups excluding carboxylic acids is 2. The fourth-order valence-corrected chi connectivity index (χ4v) is 3.71. The zero-order valence-electron chi connectivity index (χ0n) is 18.7. The Labute approximate surface area is 181 Å². The van der Waals surface area contributed by atoms with Crippen molar-refractivity contribution in [2.75, 3.05) is 19.6 Å². The molecule has 0 spiro atoms. The Morgan fingerprint density at radius 3 is 2.52 bits per heavy atom. The number of piperazine rings is 1. The Morgan fingerprint density at radius 1 is 1.16 bits per heavy atom.